The smallest absolute Gasteiger partial charge is 0.368 e. The molecule has 2 aromatic rings. The fourth-order valence-electron chi connectivity index (χ4n) is 3.69. The first-order valence-corrected chi connectivity index (χ1v) is 10.6. The summed E-state index contributed by atoms with van der Waals surface area (Å²) in [4.78, 5) is 12.1. The van der Waals surface area contributed by atoms with E-state index < -0.39 is 18.6 Å². The Labute approximate surface area is 187 Å². The lowest BCUT2D eigenvalue weighted by molar-refractivity contribution is -0.357. The Bertz CT molecular complexity index is 907. The number of aromatic nitrogens is 1. The van der Waals surface area contributed by atoms with E-state index in [4.69, 9.17) is 25.6 Å². The Balaban J connectivity index is 1.16. The molecule has 32 heavy (non-hydrogen) atoms. The second-order valence-corrected chi connectivity index (χ2v) is 8.31. The van der Waals surface area contributed by atoms with Gasteiger partial charge in [0.25, 0.3) is 0 Å². The molecular weight excluding hydrogens is 453 g/mol. The molecule has 2 atom stereocenters. The minimum atomic E-state index is -4.64. The topological polar surface area (TPSA) is 82.8 Å². The number of nitrogens with zero attached hydrogens (tertiary/aromatic N) is 1. The Morgan fingerprint density at radius 3 is 2.59 bits per heavy atom. The van der Waals surface area contributed by atoms with E-state index in [9.17, 15) is 18.0 Å². The Morgan fingerprint density at radius 2 is 1.94 bits per heavy atom. The largest absolute Gasteiger partial charge is 0.522 e. The molecule has 0 unspecified atom stereocenters. The van der Waals surface area contributed by atoms with Crippen LogP contribution in [0.15, 0.2) is 34.9 Å². The Morgan fingerprint density at radius 1 is 1.19 bits per heavy atom. The summed E-state index contributed by atoms with van der Waals surface area (Å²) >= 11 is 5.90. The zero-order valence-corrected chi connectivity index (χ0v) is 17.7. The van der Waals surface area contributed by atoms with E-state index in [1.165, 1.54) is 0 Å². The number of ether oxygens (including phenoxy) is 3. The van der Waals surface area contributed by atoms with Crippen LogP contribution in [-0.2, 0) is 19.0 Å². The van der Waals surface area contributed by atoms with Gasteiger partial charge in [-0.25, -0.2) is 0 Å². The molecule has 1 aliphatic heterocycles. The molecule has 1 aliphatic carbocycles. The van der Waals surface area contributed by atoms with E-state index in [-0.39, 0.29) is 37.5 Å². The molecule has 0 bridgehead atoms. The summed E-state index contributed by atoms with van der Waals surface area (Å²) in [6, 6.07) is 8.91. The van der Waals surface area contributed by atoms with Crippen LogP contribution in [0.4, 0.5) is 13.2 Å². The van der Waals surface area contributed by atoms with Crippen LogP contribution in [0.3, 0.4) is 0 Å². The number of hydrogen-bond acceptors (Lipinski definition) is 6. The molecular formula is C21H22ClF3N2O5. The molecule has 0 spiro atoms. The molecule has 1 amide bonds. The van der Waals surface area contributed by atoms with Gasteiger partial charge in [0.2, 0.25) is 5.91 Å². The average Bonchev–Trinajstić information content (AvgIpc) is 3.20. The summed E-state index contributed by atoms with van der Waals surface area (Å²) in [7, 11) is 0. The average molecular weight is 475 g/mol. The van der Waals surface area contributed by atoms with Crippen LogP contribution in [0.25, 0.3) is 11.3 Å². The van der Waals surface area contributed by atoms with Gasteiger partial charge in [0.15, 0.2) is 5.76 Å². The zero-order valence-electron chi connectivity index (χ0n) is 16.9. The van der Waals surface area contributed by atoms with Gasteiger partial charge in [0.05, 0.1) is 24.9 Å². The summed E-state index contributed by atoms with van der Waals surface area (Å²) in [6.45, 7) is 0.0915. The molecule has 1 N–H and O–H groups in total. The maximum atomic E-state index is 12.1. The first-order valence-electron chi connectivity index (χ1n) is 10.2. The molecule has 1 aromatic carbocycles. The number of amides is 1. The molecule has 1 aromatic heterocycles. The van der Waals surface area contributed by atoms with Gasteiger partial charge in [-0.1, -0.05) is 28.9 Å². The minimum Gasteiger partial charge on any atom is -0.368 e. The predicted octanol–water partition coefficient (Wildman–Crippen LogP) is 4.42. The van der Waals surface area contributed by atoms with Gasteiger partial charge in [-0.2, -0.15) is 0 Å². The highest BCUT2D eigenvalue weighted by atomic mass is 35.5. The van der Waals surface area contributed by atoms with Crippen molar-refractivity contribution in [3.63, 3.8) is 0 Å². The summed E-state index contributed by atoms with van der Waals surface area (Å²) in [6.07, 6.45) is -4.64. The maximum absolute atomic E-state index is 12.1. The van der Waals surface area contributed by atoms with Crippen LogP contribution >= 0.6 is 11.6 Å². The standard InChI is InChI=1S/C21H22ClF3N2O5/c22-13-3-1-12(2-4-13)17-9-19(32-27-17)18-6-5-14(10-30-18)26-20(28)11-29-15-7-16(8-15)31-21(23,24)25/h1-4,9,14-16,18H,5-8,10-11H2,(H,26,28)/t14-,15-,16+,18+/m0/s1. The van der Waals surface area contributed by atoms with E-state index in [1.807, 2.05) is 18.2 Å². The van der Waals surface area contributed by atoms with Gasteiger partial charge in [-0.15, -0.1) is 13.2 Å². The van der Waals surface area contributed by atoms with Crippen molar-refractivity contribution < 1.29 is 36.7 Å². The lowest BCUT2D eigenvalue weighted by Crippen LogP contribution is -2.45. The van der Waals surface area contributed by atoms with Crippen molar-refractivity contribution in [1.82, 2.24) is 10.5 Å². The Hall–Kier alpha value is -2.14. The first-order chi connectivity index (χ1) is 15.2. The van der Waals surface area contributed by atoms with Crippen molar-refractivity contribution in [2.75, 3.05) is 13.2 Å². The Kier molecular flexibility index (Phi) is 7.04. The van der Waals surface area contributed by atoms with E-state index in [0.717, 1.165) is 5.56 Å². The number of hydrogen-bond donors (Lipinski definition) is 1. The number of benzene rings is 1. The number of carbonyl (C=O) groups excluding carboxylic acids is 1. The van der Waals surface area contributed by atoms with Gasteiger partial charge in [0, 0.05) is 29.5 Å². The molecule has 11 heteroatoms. The highest BCUT2D eigenvalue weighted by Gasteiger charge is 2.40. The van der Waals surface area contributed by atoms with Crippen molar-refractivity contribution in [2.45, 2.75) is 56.4 Å². The van der Waals surface area contributed by atoms with Crippen molar-refractivity contribution >= 4 is 17.5 Å². The third kappa shape index (κ3) is 6.22. The third-order valence-corrected chi connectivity index (χ3v) is 5.68. The maximum Gasteiger partial charge on any atom is 0.522 e. The first kappa shape index (κ1) is 23.0. The van der Waals surface area contributed by atoms with Crippen molar-refractivity contribution in [1.29, 1.82) is 0 Å². The number of nitrogens with one attached hydrogen (secondary N) is 1. The van der Waals surface area contributed by atoms with Gasteiger partial charge in [0.1, 0.15) is 18.4 Å². The molecule has 7 nitrogen and oxygen atoms in total. The molecule has 1 saturated carbocycles. The van der Waals surface area contributed by atoms with Crippen molar-refractivity contribution in [3.8, 4) is 11.3 Å². The number of alkyl halides is 3. The van der Waals surface area contributed by atoms with E-state index in [0.29, 0.717) is 35.9 Å². The van der Waals surface area contributed by atoms with E-state index in [1.54, 1.807) is 12.1 Å². The predicted molar refractivity (Wildman–Crippen MR) is 107 cm³/mol. The monoisotopic (exact) mass is 474 g/mol. The molecule has 174 valence electrons. The summed E-state index contributed by atoms with van der Waals surface area (Å²) in [5.41, 5.74) is 1.57. The lowest BCUT2D eigenvalue weighted by atomic mass is 9.92. The normalized spacial score (nSPS) is 25.9. The van der Waals surface area contributed by atoms with Crippen LogP contribution in [0, 0.1) is 0 Å². The number of carbonyl (C=O) groups is 1. The van der Waals surface area contributed by atoms with E-state index in [2.05, 4.69) is 15.2 Å². The van der Waals surface area contributed by atoms with E-state index >= 15 is 0 Å². The van der Waals surface area contributed by atoms with Gasteiger partial charge >= 0.3 is 6.36 Å². The molecule has 2 heterocycles. The molecule has 0 radical (unpaired) electrons. The summed E-state index contributed by atoms with van der Waals surface area (Å²) in [5, 5.41) is 7.54. The van der Waals surface area contributed by atoms with Crippen LogP contribution in [-0.4, -0.2) is 48.9 Å². The van der Waals surface area contributed by atoms with Gasteiger partial charge < -0.3 is 19.3 Å². The molecule has 2 aliphatic rings. The second-order valence-electron chi connectivity index (χ2n) is 7.88. The van der Waals surface area contributed by atoms with Crippen molar-refractivity contribution in [3.05, 3.63) is 41.1 Å². The fourth-order valence-corrected chi connectivity index (χ4v) is 3.82. The number of rotatable bonds is 7. The number of halogens is 4. The minimum absolute atomic E-state index is 0.121. The SMILES string of the molecule is O=C(CO[C@H]1C[C@@H](OC(F)(F)F)C1)N[C@H]1CC[C@H](c2cc(-c3ccc(Cl)cc3)no2)OC1. The second kappa shape index (κ2) is 9.78. The highest BCUT2D eigenvalue weighted by molar-refractivity contribution is 6.30. The van der Waals surface area contributed by atoms with Gasteiger partial charge in [-0.05, 0) is 25.0 Å². The highest BCUT2D eigenvalue weighted by Crippen LogP contribution is 2.33. The quantitative estimate of drug-likeness (QED) is 0.640. The van der Waals surface area contributed by atoms with Crippen LogP contribution < -0.4 is 5.32 Å². The summed E-state index contributed by atoms with van der Waals surface area (Å²) in [5.74, 6) is 0.283. The lowest BCUT2D eigenvalue weighted by Gasteiger charge is -2.35. The van der Waals surface area contributed by atoms with Crippen LogP contribution in [0.1, 0.15) is 37.5 Å². The fraction of sp³-hybridized carbons (Fsp3) is 0.524. The third-order valence-electron chi connectivity index (χ3n) is 5.43. The molecule has 1 saturated heterocycles. The zero-order chi connectivity index (χ0) is 22.7. The summed E-state index contributed by atoms with van der Waals surface area (Å²) < 4.78 is 56.8. The van der Waals surface area contributed by atoms with Crippen molar-refractivity contribution in [2.24, 2.45) is 0 Å². The van der Waals surface area contributed by atoms with Crippen LogP contribution in [0.5, 0.6) is 0 Å². The van der Waals surface area contributed by atoms with Gasteiger partial charge in [-0.3, -0.25) is 9.53 Å². The van der Waals surface area contributed by atoms with Crippen LogP contribution in [0.2, 0.25) is 5.02 Å². The molecule has 4 rings (SSSR count). The molecule has 2 fully saturated rings.